The number of hydrogen-bond donors (Lipinski definition) is 2. The van der Waals surface area contributed by atoms with Crippen molar-refractivity contribution in [3.63, 3.8) is 0 Å². The number of hydrogen-bond acceptors (Lipinski definition) is 4. The predicted molar refractivity (Wildman–Crippen MR) is 112 cm³/mol. The molecular weight excluding hydrogens is 370 g/mol. The maximum atomic E-state index is 13.4. The van der Waals surface area contributed by atoms with Crippen LogP contribution in [-0.2, 0) is 6.54 Å². The first kappa shape index (κ1) is 18.8. The summed E-state index contributed by atoms with van der Waals surface area (Å²) < 4.78 is 5.37. The molecule has 0 radical (unpaired) electrons. The highest BCUT2D eigenvalue weighted by molar-refractivity contribution is 6.11. The smallest absolute Gasteiger partial charge is 0.329 e. The first-order valence-corrected chi connectivity index (χ1v) is 9.58. The monoisotopic (exact) mass is 393 g/mol. The van der Waals surface area contributed by atoms with Gasteiger partial charge in [-0.15, -0.1) is 0 Å². The van der Waals surface area contributed by atoms with E-state index in [0.717, 1.165) is 22.3 Å². The Morgan fingerprint density at radius 2 is 2.14 bits per heavy atom. The van der Waals surface area contributed by atoms with E-state index in [4.69, 9.17) is 4.74 Å². The van der Waals surface area contributed by atoms with Crippen molar-refractivity contribution in [2.24, 2.45) is 0 Å². The number of H-pyrrole nitrogens is 1. The molecule has 1 aliphatic rings. The number of ether oxygens (including phenoxy) is 1. The van der Waals surface area contributed by atoms with Gasteiger partial charge in [-0.3, -0.25) is 14.6 Å². The summed E-state index contributed by atoms with van der Waals surface area (Å²) in [5, 5.41) is 3.71. The zero-order valence-corrected chi connectivity index (χ0v) is 16.7. The maximum Gasteiger partial charge on any atom is 0.329 e. The van der Waals surface area contributed by atoms with Gasteiger partial charge >= 0.3 is 6.03 Å². The lowest BCUT2D eigenvalue weighted by molar-refractivity contribution is 0.0955. The van der Waals surface area contributed by atoms with Crippen LogP contribution in [0.1, 0.15) is 29.8 Å². The lowest BCUT2D eigenvalue weighted by atomic mass is 10.1. The van der Waals surface area contributed by atoms with Gasteiger partial charge in [0, 0.05) is 48.1 Å². The van der Waals surface area contributed by atoms with Crippen LogP contribution >= 0.6 is 0 Å². The van der Waals surface area contributed by atoms with E-state index in [1.807, 2.05) is 26.1 Å². The van der Waals surface area contributed by atoms with Crippen LogP contribution in [0.5, 0.6) is 5.75 Å². The standard InChI is InChI=1S/C21H23N5O3/c1-4-22-20(27)13-8-15(10-16(9-13)29-3)26-12-14-11-24-19-17(6-7-23-19)18(14)25(5-2)21(26)28/h6-11H,4-5,12H2,1-3H3,(H,22,27)(H,23,24). The molecule has 0 aliphatic carbocycles. The van der Waals surface area contributed by atoms with Crippen LogP contribution in [-0.4, -0.2) is 42.1 Å². The number of anilines is 2. The molecule has 150 valence electrons. The Bertz CT molecular complexity index is 1090. The highest BCUT2D eigenvalue weighted by Gasteiger charge is 2.33. The number of nitrogens with zero attached hydrogens (tertiary/aromatic N) is 3. The fourth-order valence-electron chi connectivity index (χ4n) is 3.69. The molecule has 2 N–H and O–H groups in total. The van der Waals surface area contributed by atoms with Gasteiger partial charge in [-0.1, -0.05) is 0 Å². The number of nitrogens with one attached hydrogen (secondary N) is 2. The Labute approximate surface area is 168 Å². The molecule has 3 heterocycles. The van der Waals surface area contributed by atoms with Crippen molar-refractivity contribution in [1.29, 1.82) is 0 Å². The molecule has 0 unspecified atom stereocenters. The van der Waals surface area contributed by atoms with Crippen molar-refractivity contribution >= 4 is 34.3 Å². The number of carbonyl (C=O) groups is 2. The molecule has 0 saturated carbocycles. The van der Waals surface area contributed by atoms with Gasteiger partial charge in [-0.25, -0.2) is 9.78 Å². The third-order valence-corrected chi connectivity index (χ3v) is 5.05. The second-order valence-electron chi connectivity index (χ2n) is 6.76. The van der Waals surface area contributed by atoms with Crippen LogP contribution in [0.15, 0.2) is 36.7 Å². The summed E-state index contributed by atoms with van der Waals surface area (Å²) in [6, 6.07) is 6.93. The Balaban J connectivity index is 1.81. The minimum absolute atomic E-state index is 0.149. The molecule has 0 fully saturated rings. The summed E-state index contributed by atoms with van der Waals surface area (Å²) in [7, 11) is 1.54. The van der Waals surface area contributed by atoms with E-state index in [-0.39, 0.29) is 11.9 Å². The molecule has 1 aromatic carbocycles. The molecule has 3 amide bonds. The molecule has 8 heteroatoms. The zero-order chi connectivity index (χ0) is 20.5. The van der Waals surface area contributed by atoms with Crippen molar-refractivity contribution in [3.8, 4) is 5.75 Å². The molecule has 0 atom stereocenters. The number of carbonyl (C=O) groups excluding carboxylic acids is 2. The Morgan fingerprint density at radius 3 is 2.86 bits per heavy atom. The van der Waals surface area contributed by atoms with Gasteiger partial charge in [0.1, 0.15) is 11.4 Å². The van der Waals surface area contributed by atoms with Crippen LogP contribution in [0.4, 0.5) is 16.2 Å². The van der Waals surface area contributed by atoms with Crippen LogP contribution < -0.4 is 19.9 Å². The van der Waals surface area contributed by atoms with E-state index in [1.165, 1.54) is 0 Å². The van der Waals surface area contributed by atoms with E-state index in [0.29, 0.717) is 36.6 Å². The summed E-state index contributed by atoms with van der Waals surface area (Å²) in [5.41, 5.74) is 3.63. The number of pyridine rings is 1. The normalized spacial score (nSPS) is 13.6. The molecule has 2 aromatic heterocycles. The number of amides is 3. The van der Waals surface area contributed by atoms with Gasteiger partial charge in [-0.2, -0.15) is 0 Å². The number of benzene rings is 1. The van der Waals surface area contributed by atoms with Gasteiger partial charge in [0.25, 0.3) is 5.91 Å². The number of aromatic amines is 1. The van der Waals surface area contributed by atoms with Gasteiger partial charge in [0.2, 0.25) is 0 Å². The summed E-state index contributed by atoms with van der Waals surface area (Å²) in [4.78, 5) is 36.7. The highest BCUT2D eigenvalue weighted by Crippen LogP contribution is 2.37. The van der Waals surface area contributed by atoms with E-state index >= 15 is 0 Å². The van der Waals surface area contributed by atoms with E-state index in [9.17, 15) is 9.59 Å². The first-order chi connectivity index (χ1) is 14.1. The van der Waals surface area contributed by atoms with Crippen molar-refractivity contribution in [2.45, 2.75) is 20.4 Å². The fraction of sp³-hybridized carbons (Fsp3) is 0.286. The van der Waals surface area contributed by atoms with Crippen molar-refractivity contribution in [1.82, 2.24) is 15.3 Å². The predicted octanol–water partition coefficient (Wildman–Crippen LogP) is 3.29. The molecule has 1 aliphatic heterocycles. The summed E-state index contributed by atoms with van der Waals surface area (Å²) in [5.74, 6) is 0.310. The van der Waals surface area contributed by atoms with Crippen LogP contribution in [0.2, 0.25) is 0 Å². The highest BCUT2D eigenvalue weighted by atomic mass is 16.5. The average Bonchev–Trinajstić information content (AvgIpc) is 3.22. The van der Waals surface area contributed by atoms with Crippen molar-refractivity contribution < 1.29 is 14.3 Å². The van der Waals surface area contributed by atoms with Crippen molar-refractivity contribution in [3.05, 3.63) is 47.8 Å². The summed E-state index contributed by atoms with van der Waals surface area (Å²) in [6.45, 7) is 5.19. The Morgan fingerprint density at radius 1 is 1.31 bits per heavy atom. The quantitative estimate of drug-likeness (QED) is 0.696. The molecule has 4 rings (SSSR count). The van der Waals surface area contributed by atoms with E-state index in [2.05, 4.69) is 15.3 Å². The number of fused-ring (bicyclic) bond motifs is 3. The zero-order valence-electron chi connectivity index (χ0n) is 16.7. The second kappa shape index (κ2) is 7.46. The molecule has 8 nitrogen and oxygen atoms in total. The number of urea groups is 1. The largest absolute Gasteiger partial charge is 0.497 e. The number of aromatic nitrogens is 2. The second-order valence-corrected chi connectivity index (χ2v) is 6.76. The summed E-state index contributed by atoms with van der Waals surface area (Å²) in [6.07, 6.45) is 3.62. The van der Waals surface area contributed by atoms with Crippen molar-refractivity contribution in [2.75, 3.05) is 30.0 Å². The molecule has 29 heavy (non-hydrogen) atoms. The van der Waals surface area contributed by atoms with E-state index in [1.54, 1.807) is 41.3 Å². The topological polar surface area (TPSA) is 90.6 Å². The minimum atomic E-state index is -0.208. The molecule has 0 spiro atoms. The number of rotatable bonds is 5. The van der Waals surface area contributed by atoms with Crippen LogP contribution in [0.3, 0.4) is 0 Å². The molecular formula is C21H23N5O3. The van der Waals surface area contributed by atoms with Gasteiger partial charge in [0.15, 0.2) is 0 Å². The lowest BCUT2D eigenvalue weighted by Gasteiger charge is -2.37. The van der Waals surface area contributed by atoms with Gasteiger partial charge in [-0.05, 0) is 32.0 Å². The average molecular weight is 393 g/mol. The molecule has 3 aromatic rings. The van der Waals surface area contributed by atoms with Crippen LogP contribution in [0, 0.1) is 0 Å². The lowest BCUT2D eigenvalue weighted by Crippen LogP contribution is -2.47. The minimum Gasteiger partial charge on any atom is -0.497 e. The SMILES string of the molecule is CCNC(=O)c1cc(OC)cc(N2Cc3cnc4[nH]ccc4c3N(CC)C2=O)c1. The number of methoxy groups -OCH3 is 1. The van der Waals surface area contributed by atoms with Crippen LogP contribution in [0.25, 0.3) is 11.0 Å². The van der Waals surface area contributed by atoms with Gasteiger partial charge < -0.3 is 15.0 Å². The first-order valence-electron chi connectivity index (χ1n) is 9.58. The molecule has 0 saturated heterocycles. The molecule has 0 bridgehead atoms. The third-order valence-electron chi connectivity index (χ3n) is 5.05. The summed E-state index contributed by atoms with van der Waals surface area (Å²) >= 11 is 0. The maximum absolute atomic E-state index is 13.4. The third kappa shape index (κ3) is 3.16. The Hall–Kier alpha value is -3.55. The fourth-order valence-corrected chi connectivity index (χ4v) is 3.69. The van der Waals surface area contributed by atoms with E-state index < -0.39 is 0 Å². The van der Waals surface area contributed by atoms with Gasteiger partial charge in [0.05, 0.1) is 25.0 Å². The Kier molecular flexibility index (Phi) is 4.84.